The standard InChI is InChI=1S/C83H84N12/c1-5-9-13-17-43-82(44-18-14-10-6-2)72-53-57(64-23-21-25-76-78(64)89-93(87-76)61-37-47-84-48-38-61)27-31-68(72)70-33-29-59(55-74(70)82)66-35-36-67(81-80(66)91-95(92-81)63-41-51-86-52-42-63)60-30-34-71-69-32-28-58(65-24-22-26-77-79(65)90-94(88-77)62-39-49-85-50-40-62)54-73(69)83(75(71)56-60,45-19-15-11-7-3)46-20-16-12-8-4/h21-42,47-56H,5-20,43-46H2,1-4H3. The summed E-state index contributed by atoms with van der Waals surface area (Å²) in [5.74, 6) is 0. The third-order valence-corrected chi connectivity index (χ3v) is 20.8. The number of hydrogen-bond donors (Lipinski definition) is 0. The van der Waals surface area contributed by atoms with Gasteiger partial charge in [-0.05, 0) is 165 Å². The van der Waals surface area contributed by atoms with Gasteiger partial charge in [-0.15, -0.1) is 30.6 Å². The molecule has 0 N–H and O–H groups in total. The first kappa shape index (κ1) is 61.4. The second-order valence-electron chi connectivity index (χ2n) is 26.7. The summed E-state index contributed by atoms with van der Waals surface area (Å²) in [5, 5.41) is 31.2. The van der Waals surface area contributed by atoms with Crippen LogP contribution in [0.1, 0.15) is 178 Å². The van der Waals surface area contributed by atoms with E-state index in [0.717, 1.165) is 135 Å². The van der Waals surface area contributed by atoms with Gasteiger partial charge in [0.1, 0.15) is 33.1 Å². The van der Waals surface area contributed by atoms with E-state index in [-0.39, 0.29) is 10.8 Å². The summed E-state index contributed by atoms with van der Waals surface area (Å²) in [4.78, 5) is 18.3. The van der Waals surface area contributed by atoms with Crippen LogP contribution in [-0.2, 0) is 10.8 Å². The van der Waals surface area contributed by atoms with E-state index < -0.39 is 0 Å². The minimum atomic E-state index is -0.204. The van der Waals surface area contributed by atoms with Crippen molar-refractivity contribution in [2.24, 2.45) is 0 Å². The predicted octanol–water partition coefficient (Wildman–Crippen LogP) is 21.2. The SMILES string of the molecule is CCCCCCC1(CCCCCC)c2cc(-c3cccc4nn(-c5ccncc5)nc34)ccc2-c2ccc(-c3ccc(-c4ccc5c(c4)C(CCCCCC)(CCCCCC)c4cc(-c6cccc7nn(-c8ccncc8)nc67)ccc4-5)c4nn(-c5ccncc5)nc34)cc21. The van der Waals surface area contributed by atoms with Crippen molar-refractivity contribution in [1.82, 2.24) is 59.9 Å². The molecule has 0 unspecified atom stereocenters. The second-order valence-corrected chi connectivity index (χ2v) is 26.7. The third-order valence-electron chi connectivity index (χ3n) is 20.8. The van der Waals surface area contributed by atoms with Gasteiger partial charge in [0.15, 0.2) is 0 Å². The fourth-order valence-electron chi connectivity index (χ4n) is 16.0. The van der Waals surface area contributed by atoms with Gasteiger partial charge < -0.3 is 0 Å². The van der Waals surface area contributed by atoms with Crippen LogP contribution in [0.2, 0.25) is 0 Å². The molecule has 0 atom stereocenters. The molecule has 13 aromatic rings. The monoisotopic (exact) mass is 1250 g/mol. The molecular weight excluding hydrogens is 1160 g/mol. The van der Waals surface area contributed by atoms with E-state index in [1.165, 1.54) is 133 Å². The molecule has 0 spiro atoms. The number of nitrogens with zero attached hydrogens (tertiary/aromatic N) is 12. The molecular formula is C83H84N12. The maximum atomic E-state index is 5.52. The Morgan fingerprint density at radius 2 is 0.537 bits per heavy atom. The summed E-state index contributed by atoms with van der Waals surface area (Å²) in [6.45, 7) is 9.29. The largest absolute Gasteiger partial charge is 0.265 e. The Balaban J connectivity index is 0.863. The lowest BCUT2D eigenvalue weighted by atomic mass is 9.69. The molecule has 12 heteroatoms. The number of unbranched alkanes of at least 4 members (excludes halogenated alkanes) is 12. The molecule has 2 aliphatic carbocycles. The molecule has 6 heterocycles. The molecule has 7 aromatic carbocycles. The Labute approximate surface area is 558 Å². The zero-order valence-corrected chi connectivity index (χ0v) is 55.5. The van der Waals surface area contributed by atoms with Crippen LogP contribution in [0.5, 0.6) is 0 Å². The molecule has 12 nitrogen and oxygen atoms in total. The molecule has 476 valence electrons. The van der Waals surface area contributed by atoms with Crippen molar-refractivity contribution >= 4 is 33.1 Å². The van der Waals surface area contributed by atoms with Crippen molar-refractivity contribution in [3.8, 4) is 83.8 Å². The highest BCUT2D eigenvalue weighted by molar-refractivity contribution is 6.02. The highest BCUT2D eigenvalue weighted by Crippen LogP contribution is 2.58. The van der Waals surface area contributed by atoms with Gasteiger partial charge in [0, 0.05) is 70.3 Å². The molecule has 95 heavy (non-hydrogen) atoms. The molecule has 0 bridgehead atoms. The summed E-state index contributed by atoms with van der Waals surface area (Å²) in [6, 6.07) is 58.5. The van der Waals surface area contributed by atoms with E-state index in [9.17, 15) is 0 Å². The van der Waals surface area contributed by atoms with Crippen molar-refractivity contribution in [3.63, 3.8) is 0 Å². The Hall–Kier alpha value is -9.81. The lowest BCUT2D eigenvalue weighted by Gasteiger charge is -2.33. The maximum Gasteiger partial charge on any atom is 0.122 e. The molecule has 15 rings (SSSR count). The minimum Gasteiger partial charge on any atom is -0.265 e. The normalized spacial score (nSPS) is 13.4. The highest BCUT2D eigenvalue weighted by atomic mass is 15.5. The highest BCUT2D eigenvalue weighted by Gasteiger charge is 2.45. The number of hydrogen-bond acceptors (Lipinski definition) is 9. The zero-order chi connectivity index (χ0) is 64.3. The van der Waals surface area contributed by atoms with E-state index in [0.29, 0.717) is 0 Å². The molecule has 2 aliphatic rings. The second kappa shape index (κ2) is 26.9. The first-order valence-corrected chi connectivity index (χ1v) is 35.3. The Morgan fingerprint density at radius 3 is 0.842 bits per heavy atom. The van der Waals surface area contributed by atoms with Crippen LogP contribution in [0.15, 0.2) is 195 Å². The molecule has 6 aromatic heterocycles. The smallest absolute Gasteiger partial charge is 0.122 e. The number of pyridine rings is 3. The third kappa shape index (κ3) is 11.4. The molecule has 0 aliphatic heterocycles. The van der Waals surface area contributed by atoms with E-state index in [1.54, 1.807) is 34.4 Å². The summed E-state index contributed by atoms with van der Waals surface area (Å²) in [6.07, 6.45) is 34.3. The first-order chi connectivity index (χ1) is 46.9. The molecule has 0 radical (unpaired) electrons. The molecule has 0 fully saturated rings. The van der Waals surface area contributed by atoms with Crippen LogP contribution in [0.25, 0.3) is 117 Å². The van der Waals surface area contributed by atoms with Crippen LogP contribution in [-0.4, -0.2) is 59.9 Å². The van der Waals surface area contributed by atoms with Gasteiger partial charge in [-0.3, -0.25) is 15.0 Å². The quantitative estimate of drug-likeness (QED) is 0.0462. The Bertz CT molecular complexity index is 4560. The van der Waals surface area contributed by atoms with Crippen molar-refractivity contribution < 1.29 is 0 Å². The van der Waals surface area contributed by atoms with Gasteiger partial charge in [0.2, 0.25) is 0 Å². The summed E-state index contributed by atoms with van der Waals surface area (Å²) in [5.41, 5.74) is 27.6. The van der Waals surface area contributed by atoms with Gasteiger partial charge in [-0.1, -0.05) is 215 Å². The summed E-state index contributed by atoms with van der Waals surface area (Å²) >= 11 is 0. The molecule has 0 amide bonds. The number of fused-ring (bicyclic) bond motifs is 9. The average Bonchev–Trinajstić information content (AvgIpc) is 1.57. The van der Waals surface area contributed by atoms with E-state index in [4.69, 9.17) is 30.6 Å². The van der Waals surface area contributed by atoms with Crippen molar-refractivity contribution in [3.05, 3.63) is 217 Å². The molecule has 0 saturated carbocycles. The zero-order valence-electron chi connectivity index (χ0n) is 55.5. The maximum absolute atomic E-state index is 5.52. The van der Waals surface area contributed by atoms with Crippen LogP contribution >= 0.6 is 0 Å². The van der Waals surface area contributed by atoms with Crippen LogP contribution < -0.4 is 0 Å². The fraction of sp³-hybridized carbons (Fsp3) is 0.313. The number of rotatable bonds is 27. The number of benzene rings is 7. The van der Waals surface area contributed by atoms with Gasteiger partial charge in [-0.2, -0.15) is 14.4 Å². The van der Waals surface area contributed by atoms with E-state index in [2.05, 4.69) is 164 Å². The molecule has 0 saturated heterocycles. The van der Waals surface area contributed by atoms with Crippen molar-refractivity contribution in [1.29, 1.82) is 0 Å². The van der Waals surface area contributed by atoms with Crippen molar-refractivity contribution in [2.45, 2.75) is 167 Å². The fourth-order valence-corrected chi connectivity index (χ4v) is 16.0. The van der Waals surface area contributed by atoms with E-state index in [1.807, 2.05) is 53.6 Å². The Kier molecular flexibility index (Phi) is 17.4. The number of aromatic nitrogens is 12. The van der Waals surface area contributed by atoms with Gasteiger partial charge in [-0.25, -0.2) is 0 Å². The lowest BCUT2D eigenvalue weighted by Crippen LogP contribution is -2.25. The van der Waals surface area contributed by atoms with Gasteiger partial charge in [0.05, 0.1) is 17.1 Å². The topological polar surface area (TPSA) is 131 Å². The van der Waals surface area contributed by atoms with Crippen LogP contribution in [0, 0.1) is 0 Å². The van der Waals surface area contributed by atoms with E-state index >= 15 is 0 Å². The first-order valence-electron chi connectivity index (χ1n) is 35.3. The van der Waals surface area contributed by atoms with Crippen LogP contribution in [0.4, 0.5) is 0 Å². The lowest BCUT2D eigenvalue weighted by molar-refractivity contribution is 0.401. The van der Waals surface area contributed by atoms with Gasteiger partial charge >= 0.3 is 0 Å². The average molecular weight is 1250 g/mol. The predicted molar refractivity (Wildman–Crippen MR) is 386 cm³/mol. The summed E-state index contributed by atoms with van der Waals surface area (Å²) < 4.78 is 0. The van der Waals surface area contributed by atoms with Crippen LogP contribution in [0.3, 0.4) is 0 Å². The Morgan fingerprint density at radius 1 is 0.263 bits per heavy atom. The summed E-state index contributed by atoms with van der Waals surface area (Å²) in [7, 11) is 0. The van der Waals surface area contributed by atoms with Gasteiger partial charge in [0.25, 0.3) is 0 Å². The minimum absolute atomic E-state index is 0.204. The van der Waals surface area contributed by atoms with Crippen molar-refractivity contribution in [2.75, 3.05) is 0 Å².